The number of carboxylic acid groups (broad SMARTS) is 1. The highest BCUT2D eigenvalue weighted by molar-refractivity contribution is 7.99. The van der Waals surface area contributed by atoms with E-state index in [9.17, 15) is 13.6 Å². The summed E-state index contributed by atoms with van der Waals surface area (Å²) in [6.07, 6.45) is 0. The van der Waals surface area contributed by atoms with E-state index in [0.717, 1.165) is 23.9 Å². The van der Waals surface area contributed by atoms with Crippen LogP contribution in [-0.2, 0) is 0 Å². The Labute approximate surface area is 127 Å². The predicted molar refractivity (Wildman–Crippen MR) is 73.6 cm³/mol. The molecule has 0 heterocycles. The summed E-state index contributed by atoms with van der Waals surface area (Å²) in [5, 5.41) is 17.6. The second kappa shape index (κ2) is 6.12. The second-order valence-corrected chi connectivity index (χ2v) is 5.42. The van der Waals surface area contributed by atoms with Gasteiger partial charge >= 0.3 is 5.97 Å². The molecule has 2 aromatic carbocycles. The highest BCUT2D eigenvalue weighted by atomic mass is 35.5. The molecular formula is C14H6ClF2NO2S. The van der Waals surface area contributed by atoms with Crippen molar-refractivity contribution in [2.24, 2.45) is 0 Å². The third kappa shape index (κ3) is 3.32. The lowest BCUT2D eigenvalue weighted by Crippen LogP contribution is -1.97. The van der Waals surface area contributed by atoms with Gasteiger partial charge in [-0.15, -0.1) is 0 Å². The summed E-state index contributed by atoms with van der Waals surface area (Å²) in [5.74, 6) is -3.00. The number of aromatic carboxylic acids is 1. The molecule has 0 unspecified atom stereocenters. The van der Waals surface area contributed by atoms with E-state index in [2.05, 4.69) is 0 Å². The first-order chi connectivity index (χ1) is 9.92. The fourth-order valence-electron chi connectivity index (χ4n) is 1.57. The molecule has 0 aliphatic heterocycles. The van der Waals surface area contributed by atoms with Crippen molar-refractivity contribution < 1.29 is 18.7 Å². The molecule has 0 spiro atoms. The number of halogens is 3. The van der Waals surface area contributed by atoms with Crippen LogP contribution in [0.2, 0.25) is 5.02 Å². The first-order valence-electron chi connectivity index (χ1n) is 5.52. The molecule has 0 aliphatic rings. The molecule has 0 fully saturated rings. The number of hydrogen-bond donors (Lipinski definition) is 1. The summed E-state index contributed by atoms with van der Waals surface area (Å²) in [5.41, 5.74) is -0.284. The van der Waals surface area contributed by atoms with Gasteiger partial charge in [-0.2, -0.15) is 5.26 Å². The first-order valence-corrected chi connectivity index (χ1v) is 6.71. The van der Waals surface area contributed by atoms with Gasteiger partial charge in [-0.1, -0.05) is 23.4 Å². The smallest absolute Gasteiger partial charge is 0.337 e. The second-order valence-electron chi connectivity index (χ2n) is 3.93. The van der Waals surface area contributed by atoms with E-state index in [1.807, 2.05) is 0 Å². The van der Waals surface area contributed by atoms with Gasteiger partial charge in [0.25, 0.3) is 0 Å². The van der Waals surface area contributed by atoms with Gasteiger partial charge in [0.2, 0.25) is 0 Å². The molecule has 2 aromatic rings. The molecule has 0 aromatic heterocycles. The topological polar surface area (TPSA) is 61.1 Å². The third-order valence-electron chi connectivity index (χ3n) is 2.52. The van der Waals surface area contributed by atoms with E-state index in [1.165, 1.54) is 18.2 Å². The normalized spacial score (nSPS) is 10.2. The average Bonchev–Trinajstić information content (AvgIpc) is 2.43. The fraction of sp³-hybridized carbons (Fsp3) is 0. The Morgan fingerprint density at radius 1 is 1.24 bits per heavy atom. The molecule has 3 nitrogen and oxygen atoms in total. The van der Waals surface area contributed by atoms with Gasteiger partial charge in [-0.25, -0.2) is 13.6 Å². The highest BCUT2D eigenvalue weighted by Crippen LogP contribution is 2.34. The Bertz CT molecular complexity index is 751. The minimum atomic E-state index is -1.23. The van der Waals surface area contributed by atoms with Gasteiger partial charge in [0.15, 0.2) is 0 Å². The van der Waals surface area contributed by atoms with Crippen molar-refractivity contribution in [3.05, 3.63) is 58.1 Å². The largest absolute Gasteiger partial charge is 0.478 e. The van der Waals surface area contributed by atoms with Crippen LogP contribution in [0.4, 0.5) is 8.78 Å². The summed E-state index contributed by atoms with van der Waals surface area (Å²) in [4.78, 5) is 11.0. The van der Waals surface area contributed by atoms with E-state index in [4.69, 9.17) is 22.0 Å². The lowest BCUT2D eigenvalue weighted by atomic mass is 10.2. The van der Waals surface area contributed by atoms with Gasteiger partial charge in [0.1, 0.15) is 11.6 Å². The Kier molecular flexibility index (Phi) is 4.46. The fourth-order valence-corrected chi connectivity index (χ4v) is 2.63. The van der Waals surface area contributed by atoms with Crippen molar-refractivity contribution in [2.45, 2.75) is 9.79 Å². The van der Waals surface area contributed by atoms with Gasteiger partial charge in [-0.3, -0.25) is 0 Å². The minimum Gasteiger partial charge on any atom is -0.478 e. The van der Waals surface area contributed by atoms with Crippen LogP contribution in [0, 0.1) is 23.0 Å². The van der Waals surface area contributed by atoms with E-state index in [0.29, 0.717) is 4.90 Å². The monoisotopic (exact) mass is 325 g/mol. The molecule has 7 heteroatoms. The summed E-state index contributed by atoms with van der Waals surface area (Å²) >= 11 is 6.44. The number of benzene rings is 2. The maximum atomic E-state index is 13.8. The molecule has 0 aliphatic carbocycles. The van der Waals surface area contributed by atoms with E-state index >= 15 is 0 Å². The average molecular weight is 326 g/mol. The quantitative estimate of drug-likeness (QED) is 0.912. The van der Waals surface area contributed by atoms with Crippen LogP contribution in [0.3, 0.4) is 0 Å². The zero-order valence-electron chi connectivity index (χ0n) is 10.2. The third-order valence-corrected chi connectivity index (χ3v) is 3.93. The molecule has 106 valence electrons. The number of nitriles is 1. The van der Waals surface area contributed by atoms with Crippen molar-refractivity contribution >= 4 is 29.3 Å². The molecule has 0 saturated carbocycles. The van der Waals surface area contributed by atoms with Crippen molar-refractivity contribution in [3.63, 3.8) is 0 Å². The maximum Gasteiger partial charge on any atom is 0.337 e. The van der Waals surface area contributed by atoms with E-state index in [1.54, 1.807) is 6.07 Å². The van der Waals surface area contributed by atoms with E-state index < -0.39 is 17.6 Å². The number of rotatable bonds is 3. The number of carboxylic acids is 1. The van der Waals surface area contributed by atoms with Crippen molar-refractivity contribution in [2.75, 3.05) is 0 Å². The number of hydrogen-bond acceptors (Lipinski definition) is 3. The Balaban J connectivity index is 2.42. The van der Waals surface area contributed by atoms with Crippen LogP contribution in [0.5, 0.6) is 0 Å². The number of nitrogens with zero attached hydrogens (tertiary/aromatic N) is 1. The minimum absolute atomic E-state index is 0.0348. The summed E-state index contributed by atoms with van der Waals surface area (Å²) < 4.78 is 27.5. The molecule has 0 bridgehead atoms. The van der Waals surface area contributed by atoms with Crippen LogP contribution in [0.15, 0.2) is 40.1 Å². The van der Waals surface area contributed by atoms with Crippen LogP contribution >= 0.6 is 23.4 Å². The SMILES string of the molecule is N#Cc1cc(F)c(Sc2ccc(Cl)c(C(=O)O)c2)c(F)c1. The lowest BCUT2D eigenvalue weighted by Gasteiger charge is -2.07. The van der Waals surface area contributed by atoms with Crippen molar-refractivity contribution in [1.29, 1.82) is 5.26 Å². The Morgan fingerprint density at radius 2 is 1.86 bits per heavy atom. The van der Waals surface area contributed by atoms with Crippen LogP contribution in [-0.4, -0.2) is 11.1 Å². The predicted octanol–water partition coefficient (Wildman–Crippen LogP) is 4.34. The molecule has 0 atom stereocenters. The molecule has 0 amide bonds. The Morgan fingerprint density at radius 3 is 2.38 bits per heavy atom. The van der Waals surface area contributed by atoms with Crippen LogP contribution in [0.25, 0.3) is 0 Å². The summed E-state index contributed by atoms with van der Waals surface area (Å²) in [6.45, 7) is 0. The molecule has 2 rings (SSSR count). The zero-order valence-corrected chi connectivity index (χ0v) is 11.8. The maximum absolute atomic E-state index is 13.8. The van der Waals surface area contributed by atoms with Crippen molar-refractivity contribution in [3.8, 4) is 6.07 Å². The van der Waals surface area contributed by atoms with Gasteiger partial charge in [0.05, 0.1) is 27.1 Å². The molecule has 0 radical (unpaired) electrons. The summed E-state index contributed by atoms with van der Waals surface area (Å²) in [7, 11) is 0. The van der Waals surface area contributed by atoms with Gasteiger partial charge in [0, 0.05) is 4.90 Å². The standard InChI is InChI=1S/C14H6ClF2NO2S/c15-10-2-1-8(5-9(10)14(19)20)21-13-11(16)3-7(6-18)4-12(13)17/h1-5H,(H,19,20). The van der Waals surface area contributed by atoms with Gasteiger partial charge < -0.3 is 5.11 Å². The Hall–Kier alpha value is -2.10. The molecular weight excluding hydrogens is 320 g/mol. The highest BCUT2D eigenvalue weighted by Gasteiger charge is 2.15. The zero-order chi connectivity index (χ0) is 15.6. The summed E-state index contributed by atoms with van der Waals surface area (Å²) in [6, 6.07) is 7.50. The van der Waals surface area contributed by atoms with E-state index in [-0.39, 0.29) is 21.0 Å². The van der Waals surface area contributed by atoms with Crippen LogP contribution < -0.4 is 0 Å². The van der Waals surface area contributed by atoms with Crippen molar-refractivity contribution in [1.82, 2.24) is 0 Å². The molecule has 21 heavy (non-hydrogen) atoms. The van der Waals surface area contributed by atoms with Gasteiger partial charge in [-0.05, 0) is 30.3 Å². The lowest BCUT2D eigenvalue weighted by molar-refractivity contribution is 0.0697. The molecule has 1 N–H and O–H groups in total. The first kappa shape index (κ1) is 15.3. The molecule has 0 saturated heterocycles. The van der Waals surface area contributed by atoms with Crippen LogP contribution in [0.1, 0.15) is 15.9 Å². The number of carbonyl (C=O) groups is 1.